The lowest BCUT2D eigenvalue weighted by Gasteiger charge is -2.28. The molecule has 2 fully saturated rings. The summed E-state index contributed by atoms with van der Waals surface area (Å²) >= 11 is 0. The molecule has 1 saturated carbocycles. The van der Waals surface area contributed by atoms with Gasteiger partial charge in [0.2, 0.25) is 0 Å². The first kappa shape index (κ1) is 7.56. The minimum Gasteiger partial charge on any atom is -0.375 e. The van der Waals surface area contributed by atoms with E-state index in [0.29, 0.717) is 12.1 Å². The molecular weight excluding hydrogens is 138 g/mol. The average molecular weight is 155 g/mol. The Morgan fingerprint density at radius 2 is 2.27 bits per heavy atom. The van der Waals surface area contributed by atoms with Crippen LogP contribution in [0.5, 0.6) is 0 Å². The Bertz CT molecular complexity index is 126. The Kier molecular flexibility index (Phi) is 2.14. The lowest BCUT2D eigenvalue weighted by Crippen LogP contribution is -2.44. The molecule has 1 aliphatic carbocycles. The molecule has 1 heterocycles. The number of nitrogens with one attached hydrogen (secondary N) is 1. The average Bonchev–Trinajstić information content (AvgIpc) is 2.78. The third-order valence-corrected chi connectivity index (χ3v) is 2.57. The molecule has 0 radical (unpaired) electrons. The van der Waals surface area contributed by atoms with Crippen molar-refractivity contribution >= 4 is 0 Å². The Hall–Kier alpha value is -0.0800. The zero-order valence-corrected chi connectivity index (χ0v) is 7.18. The third kappa shape index (κ3) is 2.17. The lowest BCUT2D eigenvalue weighted by atomic mass is 10.1. The van der Waals surface area contributed by atoms with Gasteiger partial charge >= 0.3 is 0 Å². The highest BCUT2D eigenvalue weighted by Crippen LogP contribution is 2.34. The van der Waals surface area contributed by atoms with Crippen LogP contribution in [0.15, 0.2) is 0 Å². The number of hydrogen-bond acceptors (Lipinski definition) is 2. The van der Waals surface area contributed by atoms with Crippen molar-refractivity contribution in [3.63, 3.8) is 0 Å². The molecule has 0 aromatic rings. The molecule has 0 bridgehead atoms. The molecule has 2 aliphatic rings. The van der Waals surface area contributed by atoms with E-state index in [0.717, 1.165) is 19.1 Å². The zero-order chi connectivity index (χ0) is 7.68. The van der Waals surface area contributed by atoms with Gasteiger partial charge < -0.3 is 10.1 Å². The third-order valence-electron chi connectivity index (χ3n) is 2.57. The second-order valence-electron chi connectivity index (χ2n) is 3.94. The Morgan fingerprint density at radius 1 is 1.45 bits per heavy atom. The van der Waals surface area contributed by atoms with E-state index in [1.165, 1.54) is 19.3 Å². The van der Waals surface area contributed by atoms with Crippen molar-refractivity contribution < 1.29 is 4.74 Å². The Labute approximate surface area is 68.3 Å². The van der Waals surface area contributed by atoms with Gasteiger partial charge in [-0.2, -0.15) is 0 Å². The molecule has 1 aliphatic heterocycles. The minimum absolute atomic E-state index is 0.513. The number of hydrogen-bond donors (Lipinski definition) is 1. The summed E-state index contributed by atoms with van der Waals surface area (Å²) in [4.78, 5) is 0. The van der Waals surface area contributed by atoms with Gasteiger partial charge in [0.15, 0.2) is 0 Å². The van der Waals surface area contributed by atoms with Crippen LogP contribution in [0.4, 0.5) is 0 Å². The molecule has 2 heteroatoms. The van der Waals surface area contributed by atoms with Crippen molar-refractivity contribution in [2.75, 3.05) is 13.2 Å². The maximum atomic E-state index is 5.68. The normalized spacial score (nSPS) is 39.0. The molecule has 0 aromatic heterocycles. The fourth-order valence-corrected chi connectivity index (χ4v) is 1.61. The molecule has 1 saturated heterocycles. The molecule has 1 N–H and O–H groups in total. The van der Waals surface area contributed by atoms with Crippen LogP contribution < -0.4 is 5.32 Å². The number of ether oxygens (including phenoxy) is 1. The molecule has 0 amide bonds. The fraction of sp³-hybridized carbons (Fsp3) is 1.00. The summed E-state index contributed by atoms with van der Waals surface area (Å²) < 4.78 is 5.68. The predicted molar refractivity (Wildman–Crippen MR) is 44.5 cm³/mol. The second-order valence-corrected chi connectivity index (χ2v) is 3.94. The van der Waals surface area contributed by atoms with Gasteiger partial charge in [-0.15, -0.1) is 0 Å². The van der Waals surface area contributed by atoms with Crippen LogP contribution in [0.25, 0.3) is 0 Å². The molecule has 11 heavy (non-hydrogen) atoms. The van der Waals surface area contributed by atoms with Crippen molar-refractivity contribution in [1.29, 1.82) is 0 Å². The second kappa shape index (κ2) is 3.11. The lowest BCUT2D eigenvalue weighted by molar-refractivity contribution is 0.000737. The highest BCUT2D eigenvalue weighted by molar-refractivity contribution is 4.81. The monoisotopic (exact) mass is 155 g/mol. The first-order chi connectivity index (χ1) is 5.34. The summed E-state index contributed by atoms with van der Waals surface area (Å²) in [7, 11) is 0. The van der Waals surface area contributed by atoms with Gasteiger partial charge in [0.05, 0.1) is 12.7 Å². The molecule has 2 unspecified atom stereocenters. The first-order valence-electron chi connectivity index (χ1n) is 4.69. The van der Waals surface area contributed by atoms with E-state index < -0.39 is 0 Å². The summed E-state index contributed by atoms with van der Waals surface area (Å²) in [5, 5.41) is 3.44. The highest BCUT2D eigenvalue weighted by Gasteiger charge is 2.27. The van der Waals surface area contributed by atoms with Crippen molar-refractivity contribution in [2.24, 2.45) is 5.92 Å². The minimum atomic E-state index is 0.513. The SMILES string of the molecule is CC1COC(CC2CC2)CN1. The van der Waals surface area contributed by atoms with Gasteiger partial charge in [-0.3, -0.25) is 0 Å². The van der Waals surface area contributed by atoms with E-state index in [-0.39, 0.29) is 0 Å². The molecule has 2 nitrogen and oxygen atoms in total. The smallest absolute Gasteiger partial charge is 0.0703 e. The largest absolute Gasteiger partial charge is 0.375 e. The van der Waals surface area contributed by atoms with Crippen molar-refractivity contribution in [2.45, 2.75) is 38.3 Å². The molecular formula is C9H17NO. The number of morpholine rings is 1. The fourth-order valence-electron chi connectivity index (χ4n) is 1.61. The summed E-state index contributed by atoms with van der Waals surface area (Å²) in [6.45, 7) is 4.14. The topological polar surface area (TPSA) is 21.3 Å². The van der Waals surface area contributed by atoms with Gasteiger partial charge in [-0.25, -0.2) is 0 Å². The van der Waals surface area contributed by atoms with Crippen LogP contribution in [-0.2, 0) is 4.74 Å². The van der Waals surface area contributed by atoms with E-state index in [4.69, 9.17) is 4.74 Å². The predicted octanol–water partition coefficient (Wildman–Crippen LogP) is 1.16. The van der Waals surface area contributed by atoms with E-state index in [2.05, 4.69) is 12.2 Å². The molecule has 2 rings (SSSR count). The summed E-state index contributed by atoms with van der Waals surface area (Å²) in [6.07, 6.45) is 4.68. The Balaban J connectivity index is 1.69. The van der Waals surface area contributed by atoms with E-state index in [9.17, 15) is 0 Å². The molecule has 0 spiro atoms. The van der Waals surface area contributed by atoms with Crippen LogP contribution in [0.1, 0.15) is 26.2 Å². The standard InChI is InChI=1S/C9H17NO/c1-7-6-11-9(5-10-7)4-8-2-3-8/h7-10H,2-6H2,1H3. The van der Waals surface area contributed by atoms with Gasteiger partial charge in [0.1, 0.15) is 0 Å². The number of rotatable bonds is 2. The quantitative estimate of drug-likeness (QED) is 0.646. The maximum absolute atomic E-state index is 5.68. The zero-order valence-electron chi connectivity index (χ0n) is 7.18. The van der Waals surface area contributed by atoms with E-state index in [1.54, 1.807) is 0 Å². The van der Waals surface area contributed by atoms with Gasteiger partial charge in [-0.1, -0.05) is 12.8 Å². The Morgan fingerprint density at radius 3 is 2.82 bits per heavy atom. The molecule has 64 valence electrons. The van der Waals surface area contributed by atoms with Gasteiger partial charge in [0.25, 0.3) is 0 Å². The summed E-state index contributed by atoms with van der Waals surface area (Å²) in [5.41, 5.74) is 0. The molecule has 2 atom stereocenters. The van der Waals surface area contributed by atoms with Crippen LogP contribution in [-0.4, -0.2) is 25.3 Å². The van der Waals surface area contributed by atoms with Crippen LogP contribution in [0.3, 0.4) is 0 Å². The summed E-state index contributed by atoms with van der Waals surface area (Å²) in [5.74, 6) is 0.996. The van der Waals surface area contributed by atoms with E-state index >= 15 is 0 Å². The first-order valence-corrected chi connectivity index (χ1v) is 4.69. The van der Waals surface area contributed by atoms with Crippen molar-refractivity contribution in [3.8, 4) is 0 Å². The van der Waals surface area contributed by atoms with Crippen LogP contribution in [0.2, 0.25) is 0 Å². The van der Waals surface area contributed by atoms with Crippen molar-refractivity contribution in [1.82, 2.24) is 5.32 Å². The van der Waals surface area contributed by atoms with Gasteiger partial charge in [-0.05, 0) is 19.3 Å². The van der Waals surface area contributed by atoms with Crippen LogP contribution >= 0.6 is 0 Å². The highest BCUT2D eigenvalue weighted by atomic mass is 16.5. The van der Waals surface area contributed by atoms with Crippen LogP contribution in [0, 0.1) is 5.92 Å². The molecule has 0 aromatic carbocycles. The van der Waals surface area contributed by atoms with Gasteiger partial charge in [0, 0.05) is 12.6 Å². The maximum Gasteiger partial charge on any atom is 0.0703 e. The van der Waals surface area contributed by atoms with E-state index in [1.807, 2.05) is 0 Å². The summed E-state index contributed by atoms with van der Waals surface area (Å²) in [6, 6.07) is 0.561. The van der Waals surface area contributed by atoms with Crippen molar-refractivity contribution in [3.05, 3.63) is 0 Å².